The summed E-state index contributed by atoms with van der Waals surface area (Å²) >= 11 is 0. The van der Waals surface area contributed by atoms with E-state index in [0.29, 0.717) is 23.4 Å². The summed E-state index contributed by atoms with van der Waals surface area (Å²) in [4.78, 5) is 2.41. The highest BCUT2D eigenvalue weighted by molar-refractivity contribution is 6.64. The number of pyridine rings is 1. The summed E-state index contributed by atoms with van der Waals surface area (Å²) in [6.45, 7) is 11.9. The fraction of sp³-hybridized carbons (Fsp3) is 0.600. The molecular formula is C20H27BN4O3. The van der Waals surface area contributed by atoms with Gasteiger partial charge in [0.1, 0.15) is 18.4 Å². The molecule has 0 aromatic carbocycles. The van der Waals surface area contributed by atoms with Crippen molar-refractivity contribution in [3.63, 3.8) is 0 Å². The lowest BCUT2D eigenvalue weighted by atomic mass is 9.78. The molecule has 0 radical (unpaired) electrons. The first-order valence-corrected chi connectivity index (χ1v) is 9.93. The Labute approximate surface area is 166 Å². The molecule has 0 saturated carbocycles. The summed E-state index contributed by atoms with van der Waals surface area (Å²) in [6.07, 6.45) is 5.91. The lowest BCUT2D eigenvalue weighted by Gasteiger charge is -2.32. The summed E-state index contributed by atoms with van der Waals surface area (Å²) in [6, 6.07) is 4.13. The molecule has 0 spiro atoms. The van der Waals surface area contributed by atoms with Crippen LogP contribution in [0.15, 0.2) is 18.5 Å². The molecule has 148 valence electrons. The van der Waals surface area contributed by atoms with Crippen LogP contribution < -0.4 is 10.2 Å². The molecule has 28 heavy (non-hydrogen) atoms. The minimum atomic E-state index is -0.585. The molecule has 7 nitrogen and oxygen atoms in total. The van der Waals surface area contributed by atoms with Crippen LogP contribution in [0.1, 0.15) is 46.1 Å². The largest absolute Gasteiger partial charge is 0.497 e. The lowest BCUT2D eigenvalue weighted by molar-refractivity contribution is 0.00578. The molecule has 0 aliphatic carbocycles. The molecule has 8 heteroatoms. The third-order valence-corrected chi connectivity index (χ3v) is 6.12. The molecule has 0 amide bonds. The van der Waals surface area contributed by atoms with Crippen LogP contribution in [0, 0.1) is 11.3 Å². The van der Waals surface area contributed by atoms with Gasteiger partial charge in [0.25, 0.3) is 0 Å². The molecule has 0 atom stereocenters. The molecule has 0 bridgehead atoms. The van der Waals surface area contributed by atoms with Gasteiger partial charge in [0.05, 0.1) is 34.7 Å². The molecule has 4 heterocycles. The Morgan fingerprint density at radius 1 is 1.21 bits per heavy atom. The third-order valence-electron chi connectivity index (χ3n) is 6.12. The first-order valence-electron chi connectivity index (χ1n) is 9.93. The average Bonchev–Trinajstić information content (AvgIpc) is 3.33. The molecule has 2 aromatic heterocycles. The maximum Gasteiger partial charge on any atom is 0.497 e. The van der Waals surface area contributed by atoms with E-state index in [1.807, 2.05) is 40.0 Å². The van der Waals surface area contributed by atoms with Crippen LogP contribution in [0.3, 0.4) is 0 Å². The lowest BCUT2D eigenvalue weighted by Crippen LogP contribution is -2.41. The van der Waals surface area contributed by atoms with Crippen molar-refractivity contribution in [2.75, 3.05) is 26.2 Å². The Kier molecular flexibility index (Phi) is 4.86. The van der Waals surface area contributed by atoms with Gasteiger partial charge in [-0.1, -0.05) is 0 Å². The molecule has 4 rings (SSSR count). The van der Waals surface area contributed by atoms with Crippen LogP contribution in [0.25, 0.3) is 5.52 Å². The van der Waals surface area contributed by atoms with E-state index in [1.165, 1.54) is 12.8 Å². The van der Waals surface area contributed by atoms with E-state index in [0.717, 1.165) is 25.1 Å². The zero-order chi connectivity index (χ0) is 19.9. The van der Waals surface area contributed by atoms with E-state index >= 15 is 0 Å². The maximum absolute atomic E-state index is 9.51. The van der Waals surface area contributed by atoms with E-state index in [9.17, 15) is 5.26 Å². The van der Waals surface area contributed by atoms with Crippen molar-refractivity contribution >= 4 is 18.1 Å². The second-order valence-corrected chi connectivity index (χ2v) is 8.58. The topological polar surface area (TPSA) is 72.0 Å². The van der Waals surface area contributed by atoms with Crippen molar-refractivity contribution in [3.8, 4) is 11.8 Å². The smallest absolute Gasteiger partial charge is 0.491 e. The zero-order valence-electron chi connectivity index (χ0n) is 17.1. The molecular weight excluding hydrogens is 355 g/mol. The predicted octanol–water partition coefficient (Wildman–Crippen LogP) is 1.98. The fourth-order valence-electron chi connectivity index (χ4n) is 3.74. The quantitative estimate of drug-likeness (QED) is 0.737. The molecule has 0 unspecified atom stereocenters. The van der Waals surface area contributed by atoms with Crippen molar-refractivity contribution in [2.45, 2.75) is 51.7 Å². The van der Waals surface area contributed by atoms with Crippen LogP contribution >= 0.6 is 0 Å². The van der Waals surface area contributed by atoms with E-state index in [4.69, 9.17) is 14.0 Å². The standard InChI is InChI=1S/C20H27BN4O3/c1-19(2)20(3,4)28-21(27-19)17-11-16(26-10-9-24-7-5-6-8-24)14-25-18(17)15(12-22)13-23-25/h11,13-14H,5-10H2,1-4H3. The number of fused-ring (bicyclic) bond motifs is 1. The van der Waals surface area contributed by atoms with Gasteiger partial charge in [0, 0.05) is 12.0 Å². The minimum absolute atomic E-state index is 0.464. The van der Waals surface area contributed by atoms with Gasteiger partial charge in [0.2, 0.25) is 0 Å². The van der Waals surface area contributed by atoms with Crippen LogP contribution in [-0.2, 0) is 9.31 Å². The molecule has 2 aliphatic heterocycles. The van der Waals surface area contributed by atoms with E-state index < -0.39 is 18.3 Å². The number of nitriles is 1. The Bertz CT molecular complexity index is 896. The number of rotatable bonds is 5. The number of aromatic nitrogens is 2. The van der Waals surface area contributed by atoms with E-state index in [-0.39, 0.29) is 0 Å². The van der Waals surface area contributed by atoms with Crippen molar-refractivity contribution < 1.29 is 14.0 Å². The van der Waals surface area contributed by atoms with Gasteiger partial charge in [0.15, 0.2) is 0 Å². The summed E-state index contributed by atoms with van der Waals surface area (Å²) in [5.41, 5.74) is 1.04. The molecule has 2 saturated heterocycles. The van der Waals surface area contributed by atoms with Crippen LogP contribution in [0.2, 0.25) is 0 Å². The average molecular weight is 382 g/mol. The second kappa shape index (κ2) is 7.07. The Balaban J connectivity index is 1.63. The highest BCUT2D eigenvalue weighted by Crippen LogP contribution is 2.37. The van der Waals surface area contributed by atoms with Crippen molar-refractivity contribution in [1.82, 2.24) is 14.5 Å². The number of nitrogens with zero attached hydrogens (tertiary/aromatic N) is 4. The summed E-state index contributed by atoms with van der Waals surface area (Å²) in [7, 11) is -0.585. The monoisotopic (exact) mass is 382 g/mol. The number of hydrogen-bond donors (Lipinski definition) is 0. The summed E-state index contributed by atoms with van der Waals surface area (Å²) < 4.78 is 20.2. The Hall–Kier alpha value is -2.08. The first-order chi connectivity index (χ1) is 13.3. The van der Waals surface area contributed by atoms with Gasteiger partial charge in [-0.25, -0.2) is 4.52 Å². The highest BCUT2D eigenvalue weighted by atomic mass is 16.7. The van der Waals surface area contributed by atoms with E-state index in [1.54, 1.807) is 10.7 Å². The van der Waals surface area contributed by atoms with Gasteiger partial charge >= 0.3 is 7.12 Å². The Morgan fingerprint density at radius 3 is 2.54 bits per heavy atom. The summed E-state index contributed by atoms with van der Waals surface area (Å²) in [5.74, 6) is 0.698. The van der Waals surface area contributed by atoms with Gasteiger partial charge in [-0.15, -0.1) is 0 Å². The van der Waals surface area contributed by atoms with Gasteiger partial charge in [-0.3, -0.25) is 4.90 Å². The number of likely N-dealkylation sites (tertiary alicyclic amines) is 1. The maximum atomic E-state index is 9.51. The molecule has 2 fully saturated rings. The SMILES string of the molecule is CC1(C)OB(c2cc(OCCN3CCCC3)cn3ncc(C#N)c23)OC1(C)C. The number of hydrogen-bond acceptors (Lipinski definition) is 6. The van der Waals surface area contributed by atoms with Crippen molar-refractivity contribution in [2.24, 2.45) is 0 Å². The Morgan fingerprint density at radius 2 is 1.89 bits per heavy atom. The van der Waals surface area contributed by atoms with Crippen LogP contribution in [0.4, 0.5) is 0 Å². The van der Waals surface area contributed by atoms with Crippen molar-refractivity contribution in [1.29, 1.82) is 5.26 Å². The highest BCUT2D eigenvalue weighted by Gasteiger charge is 2.52. The van der Waals surface area contributed by atoms with Gasteiger partial charge in [-0.2, -0.15) is 10.4 Å². The van der Waals surface area contributed by atoms with Crippen LogP contribution in [0.5, 0.6) is 5.75 Å². The minimum Gasteiger partial charge on any atom is -0.491 e. The number of ether oxygens (including phenoxy) is 1. The third kappa shape index (κ3) is 3.39. The van der Waals surface area contributed by atoms with Crippen LogP contribution in [-0.4, -0.2) is 59.1 Å². The first kappa shape index (κ1) is 19.3. The summed E-state index contributed by atoms with van der Waals surface area (Å²) in [5, 5.41) is 13.8. The molecule has 2 aliphatic rings. The molecule has 0 N–H and O–H groups in total. The zero-order valence-corrected chi connectivity index (χ0v) is 17.1. The predicted molar refractivity (Wildman–Crippen MR) is 107 cm³/mol. The van der Waals surface area contributed by atoms with E-state index in [2.05, 4.69) is 16.1 Å². The van der Waals surface area contributed by atoms with Gasteiger partial charge < -0.3 is 14.0 Å². The normalized spacial score (nSPS) is 21.3. The second-order valence-electron chi connectivity index (χ2n) is 8.58. The fourth-order valence-corrected chi connectivity index (χ4v) is 3.74. The van der Waals surface area contributed by atoms with Gasteiger partial charge in [-0.05, 0) is 59.7 Å². The van der Waals surface area contributed by atoms with Crippen molar-refractivity contribution in [3.05, 3.63) is 24.0 Å². The molecule has 2 aromatic rings.